The standard InChI is InChI=1S/C33H35ClN10O4/c1-3-18-8-14-22(23(16-18)30-40-42-43-41-30)26(45)7-5-4-6-25(32(47)48)37-31(46)19-9-12-21(13-10-19)44(2)17-20-11-15-24-27(28(20)34)29(35)39-33(36)38-24/h8-16,25H,3-7,17H2,1-2H3,(H,37,46)(H,47,48)(H4,35,36,38,39)(H,40,41,42,43)/t25-/m0/s1. The van der Waals surface area contributed by atoms with Gasteiger partial charge in [0.1, 0.15) is 11.9 Å². The van der Waals surface area contributed by atoms with E-state index in [-0.39, 0.29) is 30.4 Å². The average molecular weight is 671 g/mol. The molecular formula is C33H35ClN10O4. The Morgan fingerprint density at radius 1 is 1.04 bits per heavy atom. The number of aliphatic carboxylic acids is 1. The first-order valence-electron chi connectivity index (χ1n) is 15.3. The van der Waals surface area contributed by atoms with Crippen LogP contribution in [0.3, 0.4) is 0 Å². The van der Waals surface area contributed by atoms with E-state index in [1.54, 1.807) is 36.4 Å². The fraction of sp³-hybridized carbons (Fsp3) is 0.273. The predicted octanol–water partition coefficient (Wildman–Crippen LogP) is 4.45. The minimum absolute atomic E-state index is 0.0671. The first-order valence-corrected chi connectivity index (χ1v) is 15.7. The number of aromatic amines is 1. The Morgan fingerprint density at radius 2 is 1.81 bits per heavy atom. The lowest BCUT2D eigenvalue weighted by Crippen LogP contribution is -2.40. The van der Waals surface area contributed by atoms with Crippen LogP contribution in [0.15, 0.2) is 54.6 Å². The molecule has 3 aromatic carbocycles. The van der Waals surface area contributed by atoms with Crippen LogP contribution in [-0.4, -0.2) is 66.4 Å². The first-order chi connectivity index (χ1) is 23.0. The van der Waals surface area contributed by atoms with E-state index in [0.29, 0.717) is 57.8 Å². The van der Waals surface area contributed by atoms with Gasteiger partial charge in [0, 0.05) is 42.4 Å². The van der Waals surface area contributed by atoms with Gasteiger partial charge in [-0.05, 0) is 72.0 Å². The third-order valence-electron chi connectivity index (χ3n) is 8.03. The molecule has 7 N–H and O–H groups in total. The topological polar surface area (TPSA) is 219 Å². The van der Waals surface area contributed by atoms with Gasteiger partial charge in [-0.2, -0.15) is 10.2 Å². The highest BCUT2D eigenvalue weighted by Crippen LogP contribution is 2.32. The van der Waals surface area contributed by atoms with Crippen molar-refractivity contribution < 1.29 is 19.5 Å². The molecule has 2 heterocycles. The number of ketones is 1. The molecule has 0 saturated heterocycles. The molecule has 14 nitrogen and oxygen atoms in total. The van der Waals surface area contributed by atoms with E-state index < -0.39 is 17.9 Å². The summed E-state index contributed by atoms with van der Waals surface area (Å²) in [4.78, 5) is 48.1. The number of nitrogens with zero attached hydrogens (tertiary/aromatic N) is 6. The van der Waals surface area contributed by atoms with Crippen LogP contribution in [0.1, 0.15) is 64.4 Å². The highest BCUT2D eigenvalue weighted by Gasteiger charge is 2.22. The third-order valence-corrected chi connectivity index (χ3v) is 8.46. The number of halogens is 1. The van der Waals surface area contributed by atoms with Gasteiger partial charge in [0.25, 0.3) is 5.91 Å². The fourth-order valence-corrected chi connectivity index (χ4v) is 5.71. The van der Waals surface area contributed by atoms with Gasteiger partial charge in [0.15, 0.2) is 5.78 Å². The molecule has 0 unspecified atom stereocenters. The van der Waals surface area contributed by atoms with Crippen LogP contribution in [0, 0.1) is 0 Å². The molecule has 1 amide bonds. The molecule has 15 heteroatoms. The molecule has 0 fully saturated rings. The SMILES string of the molecule is CCc1ccc(C(=O)CCCC[C@H](NC(=O)c2ccc(N(C)Cc3ccc4nc(N)nc(N)c4c3Cl)cc2)C(=O)O)c(-c2nn[nH]n2)c1. The number of carboxylic acids is 1. The number of nitrogens with two attached hydrogens (primary N) is 2. The number of hydrogen-bond donors (Lipinski definition) is 5. The van der Waals surface area contributed by atoms with Crippen LogP contribution >= 0.6 is 11.6 Å². The van der Waals surface area contributed by atoms with Crippen LogP contribution in [0.4, 0.5) is 17.5 Å². The van der Waals surface area contributed by atoms with E-state index in [0.717, 1.165) is 23.2 Å². The molecule has 0 bridgehead atoms. The van der Waals surface area contributed by atoms with E-state index >= 15 is 0 Å². The van der Waals surface area contributed by atoms with Crippen molar-refractivity contribution in [2.45, 2.75) is 51.6 Å². The quantitative estimate of drug-likeness (QED) is 0.0817. The molecule has 0 radical (unpaired) electrons. The maximum absolute atomic E-state index is 13.1. The lowest BCUT2D eigenvalue weighted by molar-refractivity contribution is -0.139. The number of carbonyl (C=O) groups excluding carboxylic acids is 2. The molecule has 0 saturated carbocycles. The number of hydrogen-bond acceptors (Lipinski definition) is 11. The van der Waals surface area contributed by atoms with Gasteiger partial charge >= 0.3 is 5.97 Å². The lowest BCUT2D eigenvalue weighted by Gasteiger charge is -2.21. The Morgan fingerprint density at radius 3 is 2.50 bits per heavy atom. The summed E-state index contributed by atoms with van der Waals surface area (Å²) in [6.45, 7) is 2.44. The van der Waals surface area contributed by atoms with E-state index in [9.17, 15) is 19.5 Å². The van der Waals surface area contributed by atoms with E-state index in [2.05, 4.69) is 35.9 Å². The van der Waals surface area contributed by atoms with Crippen LogP contribution < -0.4 is 21.7 Å². The summed E-state index contributed by atoms with van der Waals surface area (Å²) in [6.07, 6.45) is 2.01. The number of nitrogen functional groups attached to an aromatic ring is 2. The number of Topliss-reactive ketones (excluding diaryl/α,β-unsaturated/α-hetero) is 1. The molecule has 0 aliphatic heterocycles. The van der Waals surface area contributed by atoms with Crippen molar-refractivity contribution in [2.24, 2.45) is 0 Å². The van der Waals surface area contributed by atoms with Crippen LogP contribution in [0.25, 0.3) is 22.3 Å². The smallest absolute Gasteiger partial charge is 0.326 e. The fourth-order valence-electron chi connectivity index (χ4n) is 5.39. The Hall–Kier alpha value is -5.63. The van der Waals surface area contributed by atoms with Gasteiger partial charge in [0.2, 0.25) is 11.8 Å². The maximum atomic E-state index is 13.1. The zero-order valence-electron chi connectivity index (χ0n) is 26.4. The summed E-state index contributed by atoms with van der Waals surface area (Å²) < 4.78 is 0. The van der Waals surface area contributed by atoms with Gasteiger partial charge < -0.3 is 26.8 Å². The highest BCUT2D eigenvalue weighted by molar-refractivity contribution is 6.37. The molecule has 248 valence electrons. The van der Waals surface area contributed by atoms with E-state index in [4.69, 9.17) is 23.1 Å². The van der Waals surface area contributed by atoms with Gasteiger partial charge in [-0.1, -0.05) is 43.1 Å². The number of aryl methyl sites for hydroxylation is 1. The van der Waals surface area contributed by atoms with Crippen molar-refractivity contribution in [3.8, 4) is 11.4 Å². The zero-order chi connectivity index (χ0) is 34.4. The van der Waals surface area contributed by atoms with Crippen molar-refractivity contribution in [3.05, 3.63) is 81.9 Å². The Kier molecular flexibility index (Phi) is 10.4. The minimum Gasteiger partial charge on any atom is -0.480 e. The number of anilines is 3. The summed E-state index contributed by atoms with van der Waals surface area (Å²) in [7, 11) is 1.87. The first kappa shape index (κ1) is 33.7. The summed E-state index contributed by atoms with van der Waals surface area (Å²) in [6, 6.07) is 14.8. The number of aromatic nitrogens is 6. The normalized spacial score (nSPS) is 11.7. The largest absolute Gasteiger partial charge is 0.480 e. The van der Waals surface area contributed by atoms with Crippen molar-refractivity contribution in [1.82, 2.24) is 35.9 Å². The monoisotopic (exact) mass is 670 g/mol. The molecule has 0 spiro atoms. The number of amides is 1. The van der Waals surface area contributed by atoms with Crippen molar-refractivity contribution in [1.29, 1.82) is 0 Å². The second-order valence-electron chi connectivity index (χ2n) is 11.3. The number of unbranched alkanes of at least 4 members (excludes halogenated alkanes) is 1. The molecular weight excluding hydrogens is 636 g/mol. The number of carboxylic acid groups (broad SMARTS) is 1. The van der Waals surface area contributed by atoms with Crippen LogP contribution in [0.5, 0.6) is 0 Å². The molecule has 1 atom stereocenters. The van der Waals surface area contributed by atoms with Crippen LogP contribution in [-0.2, 0) is 17.8 Å². The summed E-state index contributed by atoms with van der Waals surface area (Å²) in [5, 5.41) is 27.4. The second kappa shape index (κ2) is 14.9. The summed E-state index contributed by atoms with van der Waals surface area (Å²) in [5.41, 5.74) is 16.3. The van der Waals surface area contributed by atoms with Crippen LogP contribution in [0.2, 0.25) is 5.02 Å². The van der Waals surface area contributed by atoms with Gasteiger partial charge in [-0.25, -0.2) is 9.78 Å². The molecule has 0 aliphatic carbocycles. The second-order valence-corrected chi connectivity index (χ2v) is 11.7. The molecule has 5 rings (SSSR count). The van der Waals surface area contributed by atoms with E-state index in [1.807, 2.05) is 37.1 Å². The van der Waals surface area contributed by atoms with Gasteiger partial charge in [-0.3, -0.25) is 9.59 Å². The number of rotatable bonds is 14. The number of tetrazole rings is 1. The molecule has 48 heavy (non-hydrogen) atoms. The third kappa shape index (κ3) is 7.66. The number of benzene rings is 3. The lowest BCUT2D eigenvalue weighted by atomic mass is 9.96. The molecule has 2 aromatic heterocycles. The number of nitrogens with one attached hydrogen (secondary N) is 2. The number of fused-ring (bicyclic) bond motifs is 1. The van der Waals surface area contributed by atoms with Crippen molar-refractivity contribution >= 4 is 57.6 Å². The number of carbonyl (C=O) groups is 3. The zero-order valence-corrected chi connectivity index (χ0v) is 27.2. The van der Waals surface area contributed by atoms with Crippen molar-refractivity contribution in [3.63, 3.8) is 0 Å². The van der Waals surface area contributed by atoms with E-state index in [1.165, 1.54) is 0 Å². The minimum atomic E-state index is -1.15. The predicted molar refractivity (Wildman–Crippen MR) is 183 cm³/mol. The Labute approximate surface area is 280 Å². The Bertz CT molecular complexity index is 1950. The Balaban J connectivity index is 1.15. The molecule has 0 aliphatic rings. The number of H-pyrrole nitrogens is 1. The summed E-state index contributed by atoms with van der Waals surface area (Å²) in [5.74, 6) is -1.17. The van der Waals surface area contributed by atoms with Crippen molar-refractivity contribution in [2.75, 3.05) is 23.4 Å². The average Bonchev–Trinajstić information content (AvgIpc) is 3.62. The van der Waals surface area contributed by atoms with Gasteiger partial charge in [0.05, 0.1) is 15.9 Å². The van der Waals surface area contributed by atoms with Gasteiger partial charge in [-0.15, -0.1) is 10.2 Å². The highest BCUT2D eigenvalue weighted by atomic mass is 35.5. The molecule has 5 aromatic rings. The maximum Gasteiger partial charge on any atom is 0.326 e. The summed E-state index contributed by atoms with van der Waals surface area (Å²) >= 11 is 6.64.